The molecular formula is C18H19N3O5. The maximum absolute atomic E-state index is 11.8. The number of methoxy groups -OCH3 is 2. The molecule has 0 radical (unpaired) electrons. The molecular weight excluding hydrogens is 338 g/mol. The number of nitrogens with one attached hydrogen (secondary N) is 1. The molecule has 2 aromatic carbocycles. The lowest BCUT2D eigenvalue weighted by atomic mass is 10.1. The lowest BCUT2D eigenvalue weighted by molar-refractivity contribution is -0.385. The number of benzene rings is 2. The second kappa shape index (κ2) is 9.16. The number of nitro benzene ring substituents is 1. The highest BCUT2D eigenvalue weighted by molar-refractivity contribution is 5.88. The molecule has 0 heterocycles. The zero-order chi connectivity index (χ0) is 18.9. The molecule has 0 unspecified atom stereocenters. The van der Waals surface area contributed by atoms with Crippen LogP contribution in [-0.4, -0.2) is 31.3 Å². The van der Waals surface area contributed by atoms with Gasteiger partial charge < -0.3 is 9.47 Å². The number of rotatable bonds is 8. The van der Waals surface area contributed by atoms with Crippen molar-refractivity contribution in [3.63, 3.8) is 0 Å². The fourth-order valence-electron chi connectivity index (χ4n) is 2.28. The van der Waals surface area contributed by atoms with Crippen LogP contribution in [-0.2, 0) is 11.2 Å². The topological polar surface area (TPSA) is 103 Å². The normalized spacial score (nSPS) is 10.5. The van der Waals surface area contributed by atoms with Crippen molar-refractivity contribution in [1.82, 2.24) is 5.43 Å². The molecule has 2 aromatic rings. The van der Waals surface area contributed by atoms with Gasteiger partial charge in [-0.3, -0.25) is 14.9 Å². The average molecular weight is 357 g/mol. The Kier molecular flexibility index (Phi) is 6.67. The van der Waals surface area contributed by atoms with Gasteiger partial charge in [0, 0.05) is 6.42 Å². The number of aryl methyl sites for hydroxylation is 1. The molecule has 8 heteroatoms. The second-order valence-electron chi connectivity index (χ2n) is 5.30. The van der Waals surface area contributed by atoms with Gasteiger partial charge in [-0.1, -0.05) is 30.3 Å². The molecule has 8 nitrogen and oxygen atoms in total. The molecule has 0 spiro atoms. The smallest absolute Gasteiger partial charge is 0.282 e. The van der Waals surface area contributed by atoms with Gasteiger partial charge in [0.2, 0.25) is 5.91 Å². The van der Waals surface area contributed by atoms with Gasteiger partial charge >= 0.3 is 0 Å². The van der Waals surface area contributed by atoms with E-state index in [9.17, 15) is 14.9 Å². The van der Waals surface area contributed by atoms with Crippen molar-refractivity contribution in [2.45, 2.75) is 12.8 Å². The van der Waals surface area contributed by atoms with Gasteiger partial charge in [0.1, 0.15) is 0 Å². The molecule has 1 N–H and O–H groups in total. The zero-order valence-electron chi connectivity index (χ0n) is 14.5. The van der Waals surface area contributed by atoms with Crippen LogP contribution in [0, 0.1) is 10.1 Å². The van der Waals surface area contributed by atoms with Crippen molar-refractivity contribution in [1.29, 1.82) is 0 Å². The summed E-state index contributed by atoms with van der Waals surface area (Å²) in [5, 5.41) is 15.0. The van der Waals surface area contributed by atoms with Crippen molar-refractivity contribution >= 4 is 17.8 Å². The Hall–Kier alpha value is -3.42. The number of carbonyl (C=O) groups is 1. The number of nitro groups is 1. The van der Waals surface area contributed by atoms with Gasteiger partial charge in [0.25, 0.3) is 5.69 Å². The van der Waals surface area contributed by atoms with Crippen LogP contribution in [0.25, 0.3) is 0 Å². The molecule has 0 aliphatic heterocycles. The Morgan fingerprint density at radius 3 is 2.46 bits per heavy atom. The van der Waals surface area contributed by atoms with Crippen LogP contribution >= 0.6 is 0 Å². The largest absolute Gasteiger partial charge is 0.493 e. The van der Waals surface area contributed by atoms with Crippen LogP contribution in [0.1, 0.15) is 17.5 Å². The van der Waals surface area contributed by atoms with E-state index in [2.05, 4.69) is 10.5 Å². The second-order valence-corrected chi connectivity index (χ2v) is 5.30. The lowest BCUT2D eigenvalue weighted by Crippen LogP contribution is -2.18. The molecule has 0 bridgehead atoms. The summed E-state index contributed by atoms with van der Waals surface area (Å²) in [6.45, 7) is 0. The minimum Gasteiger partial charge on any atom is -0.493 e. The van der Waals surface area contributed by atoms with E-state index in [0.717, 1.165) is 5.56 Å². The fraction of sp³-hybridized carbons (Fsp3) is 0.222. The summed E-state index contributed by atoms with van der Waals surface area (Å²) in [7, 11) is 2.82. The number of nitrogens with zero attached hydrogens (tertiary/aromatic N) is 2. The summed E-state index contributed by atoms with van der Waals surface area (Å²) in [4.78, 5) is 22.5. The average Bonchev–Trinajstić information content (AvgIpc) is 2.66. The van der Waals surface area contributed by atoms with Crippen LogP contribution < -0.4 is 14.9 Å². The first-order chi connectivity index (χ1) is 12.5. The maximum atomic E-state index is 11.8. The third-order valence-corrected chi connectivity index (χ3v) is 3.61. The van der Waals surface area contributed by atoms with Gasteiger partial charge in [-0.05, 0) is 18.1 Å². The molecule has 136 valence electrons. The fourth-order valence-corrected chi connectivity index (χ4v) is 2.28. The highest BCUT2D eigenvalue weighted by Gasteiger charge is 2.18. The summed E-state index contributed by atoms with van der Waals surface area (Å²) >= 11 is 0. The number of ether oxygens (including phenoxy) is 2. The molecule has 0 saturated carbocycles. The van der Waals surface area contributed by atoms with Crippen molar-refractivity contribution < 1.29 is 19.2 Å². The predicted octanol–water partition coefficient (Wildman–Crippen LogP) is 2.69. The van der Waals surface area contributed by atoms with E-state index >= 15 is 0 Å². The standard InChI is InChI=1S/C18H19N3O5/c1-25-16-10-14(15(21(23)24)11-17(16)26-2)12-19-20-18(22)9-8-13-6-4-3-5-7-13/h3-7,10-12H,8-9H2,1-2H3,(H,20,22). The number of hydrogen-bond acceptors (Lipinski definition) is 6. The first-order valence-corrected chi connectivity index (χ1v) is 7.81. The Bertz CT molecular complexity index is 806. The molecule has 0 aromatic heterocycles. The summed E-state index contributed by atoms with van der Waals surface area (Å²) in [6, 6.07) is 12.3. The van der Waals surface area contributed by atoms with Gasteiger partial charge in [-0.25, -0.2) is 5.43 Å². The van der Waals surface area contributed by atoms with E-state index in [1.165, 1.54) is 32.6 Å². The van der Waals surface area contributed by atoms with E-state index < -0.39 is 4.92 Å². The Morgan fingerprint density at radius 1 is 1.19 bits per heavy atom. The van der Waals surface area contributed by atoms with Crippen molar-refractivity contribution in [2.75, 3.05) is 14.2 Å². The quantitative estimate of drug-likeness (QED) is 0.444. The van der Waals surface area contributed by atoms with E-state index in [4.69, 9.17) is 9.47 Å². The van der Waals surface area contributed by atoms with E-state index in [0.29, 0.717) is 12.2 Å². The van der Waals surface area contributed by atoms with Crippen molar-refractivity contribution in [2.24, 2.45) is 5.10 Å². The van der Waals surface area contributed by atoms with Crippen LogP contribution in [0.2, 0.25) is 0 Å². The van der Waals surface area contributed by atoms with Gasteiger partial charge in [-0.2, -0.15) is 5.10 Å². The van der Waals surface area contributed by atoms with Crippen LogP contribution in [0.4, 0.5) is 5.69 Å². The van der Waals surface area contributed by atoms with Gasteiger partial charge in [0.15, 0.2) is 11.5 Å². The molecule has 1 amide bonds. The third-order valence-electron chi connectivity index (χ3n) is 3.61. The van der Waals surface area contributed by atoms with Crippen molar-refractivity contribution in [3.8, 4) is 11.5 Å². The first-order valence-electron chi connectivity index (χ1n) is 7.81. The van der Waals surface area contributed by atoms with Gasteiger partial charge in [0.05, 0.1) is 37.0 Å². The molecule has 0 aliphatic carbocycles. The highest BCUT2D eigenvalue weighted by Crippen LogP contribution is 2.33. The maximum Gasteiger partial charge on any atom is 0.282 e. The Labute approximate surface area is 150 Å². The lowest BCUT2D eigenvalue weighted by Gasteiger charge is -2.08. The zero-order valence-corrected chi connectivity index (χ0v) is 14.5. The van der Waals surface area contributed by atoms with E-state index in [-0.39, 0.29) is 29.3 Å². The summed E-state index contributed by atoms with van der Waals surface area (Å²) in [5.74, 6) is 0.284. The monoisotopic (exact) mass is 357 g/mol. The molecule has 0 saturated heterocycles. The number of hydrazone groups is 1. The number of carbonyl (C=O) groups excluding carboxylic acids is 1. The Morgan fingerprint density at radius 2 is 1.85 bits per heavy atom. The summed E-state index contributed by atoms with van der Waals surface area (Å²) < 4.78 is 10.2. The summed E-state index contributed by atoms with van der Waals surface area (Å²) in [6.07, 6.45) is 2.05. The Balaban J connectivity index is 2.04. The minimum absolute atomic E-state index is 0.191. The first kappa shape index (κ1) is 18.9. The van der Waals surface area contributed by atoms with Gasteiger partial charge in [-0.15, -0.1) is 0 Å². The minimum atomic E-state index is -0.555. The number of hydrogen-bond donors (Lipinski definition) is 1. The molecule has 2 rings (SSSR count). The van der Waals surface area contributed by atoms with Crippen LogP contribution in [0.5, 0.6) is 11.5 Å². The van der Waals surface area contributed by atoms with Crippen LogP contribution in [0.15, 0.2) is 47.6 Å². The molecule has 0 fully saturated rings. The third kappa shape index (κ3) is 5.04. The summed E-state index contributed by atoms with van der Waals surface area (Å²) in [5.41, 5.74) is 3.40. The molecule has 0 atom stereocenters. The van der Waals surface area contributed by atoms with Crippen LogP contribution in [0.3, 0.4) is 0 Å². The molecule has 26 heavy (non-hydrogen) atoms. The van der Waals surface area contributed by atoms with E-state index in [1.807, 2.05) is 30.3 Å². The molecule has 0 aliphatic rings. The highest BCUT2D eigenvalue weighted by atomic mass is 16.6. The predicted molar refractivity (Wildman–Crippen MR) is 96.7 cm³/mol. The van der Waals surface area contributed by atoms with E-state index in [1.54, 1.807) is 0 Å². The SMILES string of the molecule is COc1cc(C=NNC(=O)CCc2ccccc2)c([N+](=O)[O-])cc1OC. The van der Waals surface area contributed by atoms with Crippen molar-refractivity contribution in [3.05, 3.63) is 63.7 Å². The number of amides is 1.